The van der Waals surface area contributed by atoms with Gasteiger partial charge < -0.3 is 53.7 Å². The Balaban J connectivity index is -0.000000135. The van der Waals surface area contributed by atoms with E-state index in [4.69, 9.17) is 33.1 Å². The number of aliphatic imine (C=N–C) groups is 2. The van der Waals surface area contributed by atoms with Crippen molar-refractivity contribution in [1.29, 1.82) is 0 Å². The Labute approximate surface area is 543 Å². The van der Waals surface area contributed by atoms with Crippen LogP contribution < -0.4 is 38.6 Å². The van der Waals surface area contributed by atoms with Gasteiger partial charge in [-0.25, -0.2) is 15.0 Å². The van der Waals surface area contributed by atoms with Gasteiger partial charge in [0.25, 0.3) is 5.82 Å². The highest BCUT2D eigenvalue weighted by Crippen LogP contribution is 2.16. The molecule has 0 aliphatic heterocycles. The predicted molar refractivity (Wildman–Crippen MR) is 382 cm³/mol. The second kappa shape index (κ2) is 57.8. The molecule has 2 aromatic heterocycles. The topological polar surface area (TPSA) is 327 Å². The van der Waals surface area contributed by atoms with E-state index in [1.165, 1.54) is 17.2 Å². The molecule has 0 fully saturated rings. The highest BCUT2D eigenvalue weighted by molar-refractivity contribution is 5.82. The molecule has 0 aromatic carbocycles. The summed E-state index contributed by atoms with van der Waals surface area (Å²) in [6, 6.07) is 1.28. The predicted octanol–water partition coefficient (Wildman–Crippen LogP) is 14.5. The number of carbonyl (C=O) groups is 2. The van der Waals surface area contributed by atoms with Crippen LogP contribution in [0.25, 0.3) is 0 Å². The smallest absolute Gasteiger partial charge is 0.254 e. The van der Waals surface area contributed by atoms with Gasteiger partial charge in [0.05, 0.1) is 29.5 Å². The van der Waals surface area contributed by atoms with E-state index in [-0.39, 0.29) is 53.9 Å². The Morgan fingerprint density at radius 3 is 1.07 bits per heavy atom. The number of aromatic nitrogens is 4. The van der Waals surface area contributed by atoms with Crippen LogP contribution in [-0.4, -0.2) is 102 Å². The van der Waals surface area contributed by atoms with Crippen LogP contribution >= 0.6 is 0 Å². The summed E-state index contributed by atoms with van der Waals surface area (Å²) >= 11 is 0. The molecule has 0 spiro atoms. The van der Waals surface area contributed by atoms with Crippen LogP contribution in [0.4, 0.5) is 0 Å². The van der Waals surface area contributed by atoms with Crippen LogP contribution in [0.15, 0.2) is 34.2 Å². The third kappa shape index (κ3) is 72.4. The molecule has 0 saturated heterocycles. The lowest BCUT2D eigenvalue weighted by Gasteiger charge is -2.18. The number of carbonyl (C=O) groups excluding carboxylic acids is 2. The molecule has 17 N–H and O–H groups in total. The lowest BCUT2D eigenvalue weighted by Crippen LogP contribution is -2.38. The van der Waals surface area contributed by atoms with E-state index in [0.717, 1.165) is 23.9 Å². The summed E-state index contributed by atoms with van der Waals surface area (Å²) in [6.45, 7) is 73.0. The van der Waals surface area contributed by atoms with Gasteiger partial charge in [0.2, 0.25) is 11.8 Å². The molecule has 0 bridgehead atoms. The summed E-state index contributed by atoms with van der Waals surface area (Å²) in [5, 5.41) is 41.8. The van der Waals surface area contributed by atoms with Crippen molar-refractivity contribution >= 4 is 23.5 Å². The number of aromatic amines is 3. The molecule has 2 aromatic rings. The summed E-state index contributed by atoms with van der Waals surface area (Å²) in [5.74, 6) is 9.49. The zero-order valence-electron chi connectivity index (χ0n) is 63.8. The van der Waals surface area contributed by atoms with Crippen molar-refractivity contribution in [1.82, 2.24) is 25.6 Å². The minimum atomic E-state index is -0.648. The van der Waals surface area contributed by atoms with Gasteiger partial charge in [0.15, 0.2) is 0 Å². The summed E-state index contributed by atoms with van der Waals surface area (Å²) in [5.41, 5.74) is 23.4. The molecule has 0 radical (unpaired) electrons. The Morgan fingerprint density at radius 1 is 0.545 bits per heavy atom. The van der Waals surface area contributed by atoms with Crippen molar-refractivity contribution in [3.8, 4) is 0 Å². The number of primary amides is 1. The molecule has 88 heavy (non-hydrogen) atoms. The first-order valence-corrected chi connectivity index (χ1v) is 33.1. The normalized spacial score (nSPS) is 12.8. The number of H-pyrrole nitrogens is 3. The van der Waals surface area contributed by atoms with Gasteiger partial charge in [-0.15, -0.1) is 0 Å². The van der Waals surface area contributed by atoms with E-state index in [9.17, 15) is 19.8 Å². The van der Waals surface area contributed by atoms with Crippen LogP contribution in [0.5, 0.6) is 0 Å². The van der Waals surface area contributed by atoms with Gasteiger partial charge in [0, 0.05) is 77.5 Å². The number of hydrogen-bond acceptors (Lipinski definition) is 11. The van der Waals surface area contributed by atoms with E-state index >= 15 is 0 Å². The average Bonchev–Trinajstić information content (AvgIpc) is 4.07. The lowest BCUT2D eigenvalue weighted by molar-refractivity contribution is -0.390. The van der Waals surface area contributed by atoms with Gasteiger partial charge >= 0.3 is 0 Å². The molecule has 18 heteroatoms. The molecule has 2 heterocycles. The first-order valence-electron chi connectivity index (χ1n) is 33.1. The first-order chi connectivity index (χ1) is 39.7. The molecule has 2 amide bonds. The molecule has 0 aliphatic carbocycles. The Morgan fingerprint density at radius 2 is 0.943 bits per heavy atom. The number of imidazole rings is 2. The molecule has 18 nitrogen and oxygen atoms in total. The highest BCUT2D eigenvalue weighted by Gasteiger charge is 2.14. The summed E-state index contributed by atoms with van der Waals surface area (Å²) in [7, 11) is 0. The van der Waals surface area contributed by atoms with Crippen LogP contribution in [0.3, 0.4) is 0 Å². The largest absolute Gasteiger partial charge is 0.512 e. The molecule has 2 rings (SSSR count). The van der Waals surface area contributed by atoms with Crippen molar-refractivity contribution in [3.05, 3.63) is 47.3 Å². The Kier molecular flexibility index (Phi) is 65.5. The fourth-order valence-electron chi connectivity index (χ4n) is 5.11. The SMILES string of the molecule is CC(C)/C=C(\O)C(C)C.CC(C)C(N)=O.CC(C)C(N)O.CC(C)CC(O)C(C)C.CC(C)N=C(N)C(C)C.CC(C)N=C(N)C(C)C.CC(C)NC(=O)C(C)C.CC(C)NC(O)C(C)C.CC(C)c1c[nH+]c(C(C)C)[nH]1.CC(C)c1cnc(C(C)C)[nH]1. The molecule has 3 atom stereocenters. The van der Waals surface area contributed by atoms with Crippen LogP contribution in [0.1, 0.15) is 302 Å². The van der Waals surface area contributed by atoms with Gasteiger partial charge in [-0.05, 0) is 103 Å². The fourth-order valence-corrected chi connectivity index (χ4v) is 5.11. The van der Waals surface area contributed by atoms with E-state index < -0.39 is 6.23 Å². The number of hydrogen-bond donors (Lipinski definition) is 12. The van der Waals surface area contributed by atoms with E-state index in [1.54, 1.807) is 13.8 Å². The van der Waals surface area contributed by atoms with Crippen LogP contribution in [0.2, 0.25) is 0 Å². The highest BCUT2D eigenvalue weighted by atomic mass is 16.3. The summed E-state index contributed by atoms with van der Waals surface area (Å²) < 4.78 is 0. The van der Waals surface area contributed by atoms with Gasteiger partial charge in [0.1, 0.15) is 30.2 Å². The average molecular weight is 1260 g/mol. The standard InChI is InChI=1S/2C9H16N2.C8H18O.C8H16O.2C7H16N2.C7H17NO.C7H15NO.C4H11NO.C4H9NO/c2*1-6(2)8-5-10-9(11-8)7(3)4;2*1-6(2)5-8(9)7(3)4;2*1-5(2)7(8)9-6(3)4;2*1-5(2)7(9)8-6(3)4;2*1-3(2)4(5)6/h2*5-7H,1-4H3,(H,10,11);6-9H,5H2,1-4H3;5-7,9H,1-4H3;2*5-6H,1-4H3,(H2,8,9);5-9H,1-4H3;5-6H,1-4H3,(H,8,9);3-4,6H,5H2,1-2H3;3H,1-2H3,(H2,5,6)/p+1/b;;;8-5-;;;;;;. The quantitative estimate of drug-likeness (QED) is 0.0256. The van der Waals surface area contributed by atoms with Gasteiger partial charge in [-0.3, -0.25) is 24.9 Å². The Bertz CT molecular complexity index is 1800. The summed E-state index contributed by atoms with van der Waals surface area (Å²) in [6.07, 6.45) is 5.68. The fraction of sp³-hybridized carbons (Fsp3) is 0.829. The molecular formula is C70H151N12O6+. The number of amides is 2. The molecule has 3 unspecified atom stereocenters. The molecule has 0 saturated carbocycles. The molecule has 526 valence electrons. The minimum Gasteiger partial charge on any atom is -0.512 e. The van der Waals surface area contributed by atoms with E-state index in [1.807, 2.05) is 165 Å². The number of amidine groups is 2. The molecule has 0 aliphatic rings. The number of aliphatic hydroxyl groups excluding tert-OH is 4. The number of aliphatic hydroxyl groups is 4. The minimum absolute atomic E-state index is 0.00926. The zero-order chi connectivity index (χ0) is 71.8. The maximum absolute atomic E-state index is 10.8. The van der Waals surface area contributed by atoms with Gasteiger partial charge in [-0.2, -0.15) is 0 Å². The van der Waals surface area contributed by atoms with Crippen molar-refractivity contribution < 1.29 is 35.0 Å². The lowest BCUT2D eigenvalue weighted by atomic mass is 9.98. The number of allylic oxidation sites excluding steroid dienone is 2. The zero-order valence-corrected chi connectivity index (χ0v) is 63.8. The number of nitrogens with one attached hydrogen (secondary N) is 5. The van der Waals surface area contributed by atoms with Crippen LogP contribution in [0, 0.1) is 59.2 Å². The van der Waals surface area contributed by atoms with Crippen molar-refractivity contribution in [2.45, 2.75) is 322 Å². The monoisotopic (exact) mass is 1260 g/mol. The number of nitrogens with two attached hydrogens (primary N) is 4. The van der Waals surface area contributed by atoms with Crippen LogP contribution in [-0.2, 0) is 9.59 Å². The maximum Gasteiger partial charge on any atom is 0.254 e. The second-order valence-electron chi connectivity index (χ2n) is 28.3. The van der Waals surface area contributed by atoms with Crippen molar-refractivity contribution in [2.75, 3.05) is 0 Å². The first kappa shape index (κ1) is 99.8. The summed E-state index contributed by atoms with van der Waals surface area (Å²) in [4.78, 5) is 43.3. The third-order valence-corrected chi connectivity index (χ3v) is 11.6. The van der Waals surface area contributed by atoms with E-state index in [0.29, 0.717) is 83.1 Å². The van der Waals surface area contributed by atoms with Crippen molar-refractivity contribution in [3.63, 3.8) is 0 Å². The van der Waals surface area contributed by atoms with E-state index in [2.05, 4.69) is 130 Å². The maximum atomic E-state index is 10.8. The Hall–Kier alpha value is -4.36. The van der Waals surface area contributed by atoms with Crippen molar-refractivity contribution in [2.24, 2.45) is 92.1 Å². The third-order valence-electron chi connectivity index (χ3n) is 11.6. The molecular weight excluding hydrogens is 1100 g/mol. The second-order valence-corrected chi connectivity index (χ2v) is 28.3. The number of nitrogens with zero attached hydrogens (tertiary/aromatic N) is 3. The van der Waals surface area contributed by atoms with Gasteiger partial charge in [-0.1, -0.05) is 194 Å². The number of rotatable bonds is 20.